The molecule has 0 aromatic carbocycles. The quantitative estimate of drug-likeness (QED) is 0.557. The summed E-state index contributed by atoms with van der Waals surface area (Å²) in [5.41, 5.74) is 0. The Kier molecular flexibility index (Phi) is 2.91. The van der Waals surface area contributed by atoms with Crippen LogP contribution < -0.4 is 0 Å². The molecular weight excluding hydrogens is 136 g/mol. The Labute approximate surface area is 59.0 Å². The molecule has 1 atom stereocenters. The highest BCUT2D eigenvalue weighted by molar-refractivity contribution is 8.00. The monoisotopic (exact) mass is 146 g/mol. The molecule has 1 saturated heterocycles. The fraction of sp³-hybridized carbons (Fsp3) is 0.833. The van der Waals surface area contributed by atoms with E-state index in [1.165, 1.54) is 18.6 Å². The Balaban J connectivity index is 2.04. The molecule has 1 heterocycles. The van der Waals surface area contributed by atoms with Gasteiger partial charge in [0.2, 0.25) is 0 Å². The van der Waals surface area contributed by atoms with Crippen molar-refractivity contribution in [1.29, 1.82) is 0 Å². The third kappa shape index (κ3) is 2.26. The van der Waals surface area contributed by atoms with Crippen molar-refractivity contribution in [2.24, 2.45) is 0 Å². The predicted molar refractivity (Wildman–Crippen MR) is 37.5 cm³/mol. The fourth-order valence-electron chi connectivity index (χ4n) is 0.922. The van der Waals surface area contributed by atoms with E-state index in [4.69, 9.17) is 0 Å². The summed E-state index contributed by atoms with van der Waals surface area (Å²) in [5.74, 6) is 1.23. The SMILES string of the molecule is O=COCC1CCCS1. The Hall–Kier alpha value is -0.180. The zero-order valence-electron chi connectivity index (χ0n) is 5.21. The minimum Gasteiger partial charge on any atom is -0.467 e. The van der Waals surface area contributed by atoms with Crippen molar-refractivity contribution in [3.63, 3.8) is 0 Å². The number of thioether (sulfide) groups is 1. The Bertz CT molecular complexity index is 89.1. The molecule has 3 heteroatoms. The molecule has 1 unspecified atom stereocenters. The number of hydrogen-bond acceptors (Lipinski definition) is 3. The first-order valence-corrected chi connectivity index (χ1v) is 4.15. The van der Waals surface area contributed by atoms with Crippen LogP contribution in [0.5, 0.6) is 0 Å². The highest BCUT2D eigenvalue weighted by Crippen LogP contribution is 2.25. The normalized spacial score (nSPS) is 26.0. The van der Waals surface area contributed by atoms with Gasteiger partial charge >= 0.3 is 0 Å². The second kappa shape index (κ2) is 3.77. The summed E-state index contributed by atoms with van der Waals surface area (Å²) in [5, 5.41) is 0.579. The first-order valence-electron chi connectivity index (χ1n) is 3.10. The minimum atomic E-state index is 0.527. The standard InChI is InChI=1S/C6H10O2S/c7-5-8-4-6-2-1-3-9-6/h5-6H,1-4H2. The average Bonchev–Trinajstić information content (AvgIpc) is 2.34. The molecule has 52 valence electrons. The number of rotatable bonds is 3. The number of carbonyl (C=O) groups is 1. The van der Waals surface area contributed by atoms with E-state index in [9.17, 15) is 4.79 Å². The van der Waals surface area contributed by atoms with Crippen molar-refractivity contribution in [3.05, 3.63) is 0 Å². The Morgan fingerprint density at radius 1 is 1.78 bits per heavy atom. The second-order valence-electron chi connectivity index (χ2n) is 2.06. The fourth-order valence-corrected chi connectivity index (χ4v) is 2.10. The maximum absolute atomic E-state index is 9.73. The summed E-state index contributed by atoms with van der Waals surface area (Å²) in [6, 6.07) is 0. The molecule has 1 rings (SSSR count). The summed E-state index contributed by atoms with van der Waals surface area (Å²) >= 11 is 1.90. The summed E-state index contributed by atoms with van der Waals surface area (Å²) in [4.78, 5) is 9.73. The third-order valence-corrected chi connectivity index (χ3v) is 2.74. The van der Waals surface area contributed by atoms with Crippen LogP contribution in [0.3, 0.4) is 0 Å². The largest absolute Gasteiger partial charge is 0.467 e. The van der Waals surface area contributed by atoms with Crippen molar-refractivity contribution >= 4 is 18.2 Å². The first-order chi connectivity index (χ1) is 4.43. The van der Waals surface area contributed by atoms with Gasteiger partial charge in [-0.25, -0.2) is 0 Å². The lowest BCUT2D eigenvalue weighted by molar-refractivity contribution is -0.128. The van der Waals surface area contributed by atoms with Crippen molar-refractivity contribution in [1.82, 2.24) is 0 Å². The van der Waals surface area contributed by atoms with E-state index < -0.39 is 0 Å². The van der Waals surface area contributed by atoms with Gasteiger partial charge in [0, 0.05) is 5.25 Å². The van der Waals surface area contributed by atoms with E-state index in [0.29, 0.717) is 18.3 Å². The number of ether oxygens (including phenoxy) is 1. The van der Waals surface area contributed by atoms with Crippen LogP contribution in [0.25, 0.3) is 0 Å². The third-order valence-electron chi connectivity index (χ3n) is 1.37. The molecule has 1 fully saturated rings. The van der Waals surface area contributed by atoms with E-state index in [0.717, 1.165) is 0 Å². The maximum atomic E-state index is 9.73. The van der Waals surface area contributed by atoms with Crippen molar-refractivity contribution in [3.8, 4) is 0 Å². The number of hydrogen-bond donors (Lipinski definition) is 0. The summed E-state index contributed by atoms with van der Waals surface area (Å²) in [6.45, 7) is 1.13. The molecule has 1 aliphatic heterocycles. The lowest BCUT2D eigenvalue weighted by atomic mass is 10.3. The Morgan fingerprint density at radius 3 is 3.22 bits per heavy atom. The van der Waals surface area contributed by atoms with Gasteiger partial charge in [0.05, 0.1) is 0 Å². The molecule has 9 heavy (non-hydrogen) atoms. The molecule has 0 aromatic rings. The highest BCUT2D eigenvalue weighted by atomic mass is 32.2. The maximum Gasteiger partial charge on any atom is 0.293 e. The first kappa shape index (κ1) is 6.93. The molecule has 0 saturated carbocycles. The average molecular weight is 146 g/mol. The molecule has 0 spiro atoms. The molecule has 0 bridgehead atoms. The van der Waals surface area contributed by atoms with Crippen LogP contribution >= 0.6 is 11.8 Å². The van der Waals surface area contributed by atoms with E-state index in [-0.39, 0.29) is 0 Å². The van der Waals surface area contributed by atoms with E-state index in [1.807, 2.05) is 11.8 Å². The van der Waals surface area contributed by atoms with Crippen LogP contribution in [-0.2, 0) is 9.53 Å². The van der Waals surface area contributed by atoms with Crippen LogP contribution in [0.2, 0.25) is 0 Å². The lowest BCUT2D eigenvalue weighted by Gasteiger charge is -2.03. The zero-order chi connectivity index (χ0) is 6.53. The molecule has 0 aromatic heterocycles. The smallest absolute Gasteiger partial charge is 0.293 e. The van der Waals surface area contributed by atoms with Gasteiger partial charge in [-0.15, -0.1) is 0 Å². The van der Waals surface area contributed by atoms with E-state index >= 15 is 0 Å². The molecule has 0 radical (unpaired) electrons. The second-order valence-corrected chi connectivity index (χ2v) is 3.47. The molecule has 0 N–H and O–H groups in total. The predicted octanol–water partition coefficient (Wildman–Crippen LogP) is 1.06. The van der Waals surface area contributed by atoms with Crippen LogP contribution in [0, 0.1) is 0 Å². The summed E-state index contributed by atoms with van der Waals surface area (Å²) in [6.07, 6.45) is 2.48. The molecule has 0 amide bonds. The van der Waals surface area contributed by atoms with Crippen molar-refractivity contribution in [2.75, 3.05) is 12.4 Å². The van der Waals surface area contributed by atoms with E-state index in [1.54, 1.807) is 0 Å². The van der Waals surface area contributed by atoms with Crippen LogP contribution in [0.15, 0.2) is 0 Å². The van der Waals surface area contributed by atoms with E-state index in [2.05, 4.69) is 4.74 Å². The van der Waals surface area contributed by atoms with Gasteiger partial charge < -0.3 is 4.74 Å². The summed E-state index contributed by atoms with van der Waals surface area (Å²) in [7, 11) is 0. The van der Waals surface area contributed by atoms with Crippen molar-refractivity contribution < 1.29 is 9.53 Å². The highest BCUT2D eigenvalue weighted by Gasteiger charge is 2.15. The number of carbonyl (C=O) groups excluding carboxylic acids is 1. The van der Waals surface area contributed by atoms with Gasteiger partial charge in [0.15, 0.2) is 0 Å². The van der Waals surface area contributed by atoms with Gasteiger partial charge in [-0.3, -0.25) is 4.79 Å². The van der Waals surface area contributed by atoms with Crippen LogP contribution in [0.4, 0.5) is 0 Å². The topological polar surface area (TPSA) is 26.3 Å². The van der Waals surface area contributed by atoms with Gasteiger partial charge in [-0.1, -0.05) is 0 Å². The Morgan fingerprint density at radius 2 is 2.67 bits per heavy atom. The van der Waals surface area contributed by atoms with Crippen LogP contribution in [-0.4, -0.2) is 24.1 Å². The summed E-state index contributed by atoms with van der Waals surface area (Å²) < 4.78 is 4.62. The lowest BCUT2D eigenvalue weighted by Crippen LogP contribution is -2.06. The minimum absolute atomic E-state index is 0.527. The van der Waals surface area contributed by atoms with Crippen LogP contribution in [0.1, 0.15) is 12.8 Å². The molecule has 0 aliphatic carbocycles. The van der Waals surface area contributed by atoms with Gasteiger partial charge in [0.1, 0.15) is 6.61 Å². The molecule has 1 aliphatic rings. The van der Waals surface area contributed by atoms with Gasteiger partial charge in [0.25, 0.3) is 6.47 Å². The van der Waals surface area contributed by atoms with Gasteiger partial charge in [-0.2, -0.15) is 11.8 Å². The van der Waals surface area contributed by atoms with Gasteiger partial charge in [-0.05, 0) is 18.6 Å². The molecular formula is C6H10O2S. The molecule has 2 nitrogen and oxygen atoms in total. The van der Waals surface area contributed by atoms with Crippen molar-refractivity contribution in [2.45, 2.75) is 18.1 Å². The zero-order valence-corrected chi connectivity index (χ0v) is 6.02.